The maximum Gasteiger partial charge on any atom is 0.164 e. The Bertz CT molecular complexity index is 3160. The van der Waals surface area contributed by atoms with Crippen molar-refractivity contribution in [1.29, 1.82) is 0 Å². The first kappa shape index (κ1) is 38.7. The van der Waals surface area contributed by atoms with E-state index in [2.05, 4.69) is 230 Å². The molecule has 1 spiro atoms. The zero-order valence-corrected chi connectivity index (χ0v) is 36.7. The van der Waals surface area contributed by atoms with Crippen LogP contribution in [0, 0.1) is 0 Å². The van der Waals surface area contributed by atoms with E-state index in [9.17, 15) is 0 Å². The van der Waals surface area contributed by atoms with Gasteiger partial charge in [0.25, 0.3) is 0 Å². The molecule has 304 valence electrons. The molecule has 0 atom stereocenters. The normalized spacial score (nSPS) is 13.4. The van der Waals surface area contributed by atoms with Crippen LogP contribution in [0.2, 0.25) is 0 Å². The number of hydrogen-bond donors (Lipinski definition) is 0. The van der Waals surface area contributed by atoms with Crippen LogP contribution >= 0.6 is 0 Å². The molecule has 0 aliphatic heterocycles. The van der Waals surface area contributed by atoms with E-state index < -0.39 is 5.41 Å². The Labute approximate surface area is 371 Å². The van der Waals surface area contributed by atoms with Crippen molar-refractivity contribution in [3.63, 3.8) is 0 Å². The number of aromatic nitrogens is 3. The lowest BCUT2D eigenvalue weighted by atomic mass is 9.68. The monoisotopic (exact) mass is 811 g/mol. The molecule has 3 nitrogen and oxygen atoms in total. The highest BCUT2D eigenvalue weighted by atomic mass is 15.0. The van der Waals surface area contributed by atoms with Gasteiger partial charge in [-0.1, -0.05) is 224 Å². The summed E-state index contributed by atoms with van der Waals surface area (Å²) in [4.78, 5) is 16.1. The molecule has 8 aromatic carbocycles. The van der Waals surface area contributed by atoms with Gasteiger partial charge in [-0.2, -0.15) is 0 Å². The summed E-state index contributed by atoms with van der Waals surface area (Å²) in [6, 6.07) is 68.4. The molecular formula is C60H49N3. The van der Waals surface area contributed by atoms with Crippen LogP contribution in [0.4, 0.5) is 0 Å². The minimum absolute atomic E-state index is 0.0286. The summed E-state index contributed by atoms with van der Waals surface area (Å²) in [7, 11) is 0. The van der Waals surface area contributed by atoms with Gasteiger partial charge in [-0.05, 0) is 94.8 Å². The van der Waals surface area contributed by atoms with Gasteiger partial charge in [-0.15, -0.1) is 0 Å². The molecule has 9 aromatic rings. The first-order valence-corrected chi connectivity index (χ1v) is 22.1. The van der Waals surface area contributed by atoms with E-state index in [1.54, 1.807) is 0 Å². The van der Waals surface area contributed by atoms with Gasteiger partial charge in [0.2, 0.25) is 0 Å². The molecule has 0 fully saturated rings. The first-order valence-electron chi connectivity index (χ1n) is 22.1. The number of hydrogen-bond acceptors (Lipinski definition) is 3. The Morgan fingerprint density at radius 1 is 0.302 bits per heavy atom. The molecule has 0 bridgehead atoms. The summed E-state index contributed by atoms with van der Waals surface area (Å²) in [6.07, 6.45) is 0. The molecule has 0 saturated carbocycles. The average Bonchev–Trinajstić information content (AvgIpc) is 3.78. The summed E-state index contributed by atoms with van der Waals surface area (Å²) < 4.78 is 0. The van der Waals surface area contributed by atoms with Crippen LogP contribution in [0.3, 0.4) is 0 Å². The SMILES string of the molecule is CC(C)(C)c1ccc2c(c1)C1(c3cc(C(C)(C)C)ccc3-2)c2ccccc2-c2c(-c3nc(-c4ccc(-c5ccccc5)cc4)nc(-c4cccc(-c5ccccc5)c4)n3)cccc21. The van der Waals surface area contributed by atoms with Crippen molar-refractivity contribution in [1.82, 2.24) is 15.0 Å². The Hall–Kier alpha value is -7.23. The molecule has 1 heterocycles. The molecule has 1 aromatic heterocycles. The predicted octanol–water partition coefficient (Wildman–Crippen LogP) is 15.1. The van der Waals surface area contributed by atoms with Gasteiger partial charge in [0.1, 0.15) is 0 Å². The van der Waals surface area contributed by atoms with Crippen molar-refractivity contribution in [2.45, 2.75) is 57.8 Å². The number of benzene rings is 8. The van der Waals surface area contributed by atoms with Crippen molar-refractivity contribution < 1.29 is 0 Å². The first-order chi connectivity index (χ1) is 30.5. The smallest absolute Gasteiger partial charge is 0.164 e. The second kappa shape index (κ2) is 14.4. The standard InChI is InChI=1S/C60H49N3/c1-58(2,3)44-31-33-46-47-34-32-45(59(4,5)6)37-53(47)60(52(46)36-44)50-25-14-13-23-48(50)54-49(24-16-26-51(54)60)57-62-55(41-29-27-40(28-30-41)38-17-9-7-10-18-38)61-56(63-57)43-22-15-21-42(35-43)39-19-11-8-12-20-39/h7-37H,1-6H3. The third kappa shape index (κ3) is 6.29. The Morgan fingerprint density at radius 2 is 0.746 bits per heavy atom. The molecule has 2 aliphatic rings. The van der Waals surface area contributed by atoms with Crippen LogP contribution in [-0.2, 0) is 16.2 Å². The van der Waals surface area contributed by atoms with Gasteiger partial charge in [0.15, 0.2) is 17.5 Å². The summed E-state index contributed by atoms with van der Waals surface area (Å²) in [5.41, 5.74) is 19.7. The van der Waals surface area contributed by atoms with E-state index in [1.165, 1.54) is 61.2 Å². The Kier molecular flexibility index (Phi) is 8.86. The highest BCUT2D eigenvalue weighted by molar-refractivity contribution is 5.99. The molecule has 11 rings (SSSR count). The van der Waals surface area contributed by atoms with Crippen LogP contribution in [0.25, 0.3) is 78.7 Å². The van der Waals surface area contributed by atoms with Crippen molar-refractivity contribution >= 4 is 0 Å². The maximum atomic E-state index is 5.42. The molecule has 0 radical (unpaired) electrons. The van der Waals surface area contributed by atoms with Crippen molar-refractivity contribution in [3.05, 3.63) is 221 Å². The van der Waals surface area contributed by atoms with E-state index in [4.69, 9.17) is 15.0 Å². The van der Waals surface area contributed by atoms with Gasteiger partial charge in [0, 0.05) is 16.7 Å². The lowest BCUT2D eigenvalue weighted by Gasteiger charge is -2.32. The average molecular weight is 812 g/mol. The quantitative estimate of drug-likeness (QED) is 0.174. The number of rotatable bonds is 5. The lowest BCUT2D eigenvalue weighted by molar-refractivity contribution is 0.586. The van der Waals surface area contributed by atoms with Crippen LogP contribution < -0.4 is 0 Å². The second-order valence-corrected chi connectivity index (χ2v) is 19.2. The predicted molar refractivity (Wildman–Crippen MR) is 261 cm³/mol. The van der Waals surface area contributed by atoms with Gasteiger partial charge >= 0.3 is 0 Å². The minimum Gasteiger partial charge on any atom is -0.208 e. The van der Waals surface area contributed by atoms with Crippen molar-refractivity contribution in [2.24, 2.45) is 0 Å². The Morgan fingerprint density at radius 3 is 1.37 bits per heavy atom. The fourth-order valence-corrected chi connectivity index (χ4v) is 10.0. The molecule has 0 unspecified atom stereocenters. The molecule has 63 heavy (non-hydrogen) atoms. The zero-order chi connectivity index (χ0) is 43.1. The van der Waals surface area contributed by atoms with E-state index in [-0.39, 0.29) is 10.8 Å². The second-order valence-electron chi connectivity index (χ2n) is 19.2. The highest BCUT2D eigenvalue weighted by Crippen LogP contribution is 2.64. The van der Waals surface area contributed by atoms with Gasteiger partial charge < -0.3 is 0 Å². The fraction of sp³-hybridized carbons (Fsp3) is 0.150. The largest absolute Gasteiger partial charge is 0.208 e. The van der Waals surface area contributed by atoms with E-state index >= 15 is 0 Å². The topological polar surface area (TPSA) is 38.7 Å². The number of nitrogens with zero attached hydrogens (tertiary/aromatic N) is 3. The fourth-order valence-electron chi connectivity index (χ4n) is 10.0. The van der Waals surface area contributed by atoms with Crippen molar-refractivity contribution in [2.75, 3.05) is 0 Å². The molecule has 0 saturated heterocycles. The van der Waals surface area contributed by atoms with Gasteiger partial charge in [-0.3, -0.25) is 0 Å². The summed E-state index contributed by atoms with van der Waals surface area (Å²) in [5, 5.41) is 0. The lowest BCUT2D eigenvalue weighted by Crippen LogP contribution is -2.27. The molecule has 3 heteroatoms. The van der Waals surface area contributed by atoms with Gasteiger partial charge in [-0.25, -0.2) is 15.0 Å². The molecule has 2 aliphatic carbocycles. The summed E-state index contributed by atoms with van der Waals surface area (Å²) >= 11 is 0. The maximum absolute atomic E-state index is 5.42. The number of fused-ring (bicyclic) bond motifs is 10. The van der Waals surface area contributed by atoms with Crippen LogP contribution in [0.1, 0.15) is 74.9 Å². The Balaban J connectivity index is 1.17. The molecular weight excluding hydrogens is 763 g/mol. The van der Waals surface area contributed by atoms with Crippen LogP contribution in [-0.4, -0.2) is 15.0 Å². The van der Waals surface area contributed by atoms with Crippen molar-refractivity contribution in [3.8, 4) is 78.7 Å². The zero-order valence-electron chi connectivity index (χ0n) is 36.7. The molecule has 0 amide bonds. The van der Waals surface area contributed by atoms with Crippen LogP contribution in [0.15, 0.2) is 188 Å². The van der Waals surface area contributed by atoms with E-state index in [0.717, 1.165) is 33.4 Å². The molecule has 0 N–H and O–H groups in total. The minimum atomic E-state index is -0.537. The van der Waals surface area contributed by atoms with E-state index in [0.29, 0.717) is 17.5 Å². The third-order valence-electron chi connectivity index (χ3n) is 13.3. The summed E-state index contributed by atoms with van der Waals surface area (Å²) in [6.45, 7) is 13.9. The van der Waals surface area contributed by atoms with E-state index in [1.807, 2.05) is 0 Å². The summed E-state index contributed by atoms with van der Waals surface area (Å²) in [5.74, 6) is 1.93. The third-order valence-corrected chi connectivity index (χ3v) is 13.3. The van der Waals surface area contributed by atoms with Crippen LogP contribution in [0.5, 0.6) is 0 Å². The highest BCUT2D eigenvalue weighted by Gasteiger charge is 2.53. The van der Waals surface area contributed by atoms with Gasteiger partial charge in [0.05, 0.1) is 5.41 Å².